The van der Waals surface area contributed by atoms with Crippen LogP contribution in [0.2, 0.25) is 0 Å². The largest absolute Gasteiger partial charge is 0.396 e. The van der Waals surface area contributed by atoms with Crippen molar-refractivity contribution < 1.29 is 14.7 Å². The maximum Gasteiger partial charge on any atom is 0.249 e. The van der Waals surface area contributed by atoms with Crippen LogP contribution in [0.15, 0.2) is 41.6 Å². The number of unbranched alkanes of at least 4 members (excludes halogenated alkanes) is 1. The van der Waals surface area contributed by atoms with E-state index in [0.29, 0.717) is 25.0 Å². The van der Waals surface area contributed by atoms with E-state index in [2.05, 4.69) is 5.16 Å². The molecule has 0 fully saturated rings. The first-order valence-electron chi connectivity index (χ1n) is 7.29. The van der Waals surface area contributed by atoms with Crippen LogP contribution in [-0.4, -0.2) is 30.4 Å². The van der Waals surface area contributed by atoms with E-state index in [1.165, 1.54) is 0 Å². The van der Waals surface area contributed by atoms with Crippen LogP contribution in [0.25, 0.3) is 10.8 Å². The van der Waals surface area contributed by atoms with E-state index in [-0.39, 0.29) is 6.61 Å². The normalized spacial score (nSPS) is 11.1. The molecule has 3 N–H and O–H groups in total. The third-order valence-corrected chi connectivity index (χ3v) is 3.37. The minimum Gasteiger partial charge on any atom is -0.396 e. The van der Waals surface area contributed by atoms with Crippen LogP contribution in [0.4, 0.5) is 0 Å². The molecule has 0 aromatic heterocycles. The SMILES string of the molecule is NC(=O)c1c(CC=NOCCCCO)ccc2ccccc12. The molecule has 2 aromatic rings. The van der Waals surface area contributed by atoms with Crippen LogP contribution in [0.1, 0.15) is 28.8 Å². The van der Waals surface area contributed by atoms with Crippen molar-refractivity contribution in [1.82, 2.24) is 0 Å². The molecule has 0 bridgehead atoms. The fourth-order valence-electron chi connectivity index (χ4n) is 2.30. The van der Waals surface area contributed by atoms with Gasteiger partial charge in [-0.2, -0.15) is 0 Å². The van der Waals surface area contributed by atoms with Crippen LogP contribution < -0.4 is 5.73 Å². The highest BCUT2D eigenvalue weighted by Gasteiger charge is 2.11. The van der Waals surface area contributed by atoms with Gasteiger partial charge in [-0.3, -0.25) is 4.79 Å². The van der Waals surface area contributed by atoms with Crippen molar-refractivity contribution in [3.8, 4) is 0 Å². The molecule has 0 saturated heterocycles. The summed E-state index contributed by atoms with van der Waals surface area (Å²) in [7, 11) is 0. The van der Waals surface area contributed by atoms with Crippen LogP contribution in [0, 0.1) is 0 Å². The van der Waals surface area contributed by atoms with E-state index < -0.39 is 5.91 Å². The molecule has 5 nitrogen and oxygen atoms in total. The van der Waals surface area contributed by atoms with E-state index in [0.717, 1.165) is 22.8 Å². The van der Waals surface area contributed by atoms with Gasteiger partial charge in [0.15, 0.2) is 0 Å². The predicted molar refractivity (Wildman–Crippen MR) is 86.9 cm³/mol. The van der Waals surface area contributed by atoms with Crippen LogP contribution in [0.5, 0.6) is 0 Å². The van der Waals surface area contributed by atoms with Crippen molar-refractivity contribution in [2.75, 3.05) is 13.2 Å². The zero-order chi connectivity index (χ0) is 15.8. The number of nitrogens with zero attached hydrogens (tertiary/aromatic N) is 1. The van der Waals surface area contributed by atoms with E-state index >= 15 is 0 Å². The third-order valence-electron chi connectivity index (χ3n) is 3.37. The Balaban J connectivity index is 2.09. The van der Waals surface area contributed by atoms with E-state index in [4.69, 9.17) is 15.7 Å². The van der Waals surface area contributed by atoms with E-state index in [1.807, 2.05) is 36.4 Å². The summed E-state index contributed by atoms with van der Waals surface area (Å²) in [6.45, 7) is 0.629. The molecule has 2 rings (SSSR count). The number of aliphatic hydroxyl groups excluding tert-OH is 1. The van der Waals surface area contributed by atoms with Gasteiger partial charge in [0.05, 0.1) is 5.56 Å². The summed E-state index contributed by atoms with van der Waals surface area (Å²) < 4.78 is 0. The molecule has 5 heteroatoms. The first-order chi connectivity index (χ1) is 10.7. The second-order valence-corrected chi connectivity index (χ2v) is 4.94. The molecule has 0 heterocycles. The molecule has 0 radical (unpaired) electrons. The monoisotopic (exact) mass is 300 g/mol. The molecule has 22 heavy (non-hydrogen) atoms. The molecular formula is C17H20N2O3. The zero-order valence-corrected chi connectivity index (χ0v) is 12.4. The number of hydrogen-bond donors (Lipinski definition) is 2. The average Bonchev–Trinajstić information content (AvgIpc) is 2.53. The highest BCUT2D eigenvalue weighted by molar-refractivity contribution is 6.08. The molecule has 0 saturated carbocycles. The fraction of sp³-hybridized carbons (Fsp3) is 0.294. The number of rotatable bonds is 8. The Morgan fingerprint density at radius 3 is 2.82 bits per heavy atom. The number of nitrogens with two attached hydrogens (primary N) is 1. The Hall–Kier alpha value is -2.40. The number of carbonyl (C=O) groups is 1. The minimum absolute atomic E-state index is 0.159. The molecule has 0 aliphatic heterocycles. The van der Waals surface area contributed by atoms with Gasteiger partial charge >= 0.3 is 0 Å². The summed E-state index contributed by atoms with van der Waals surface area (Å²) >= 11 is 0. The lowest BCUT2D eigenvalue weighted by atomic mass is 9.97. The first-order valence-corrected chi connectivity index (χ1v) is 7.29. The van der Waals surface area contributed by atoms with Gasteiger partial charge in [-0.1, -0.05) is 41.6 Å². The van der Waals surface area contributed by atoms with Gasteiger partial charge in [0, 0.05) is 19.2 Å². The number of benzene rings is 2. The number of primary amides is 1. The maximum absolute atomic E-state index is 11.8. The molecular weight excluding hydrogens is 280 g/mol. The highest BCUT2D eigenvalue weighted by atomic mass is 16.6. The highest BCUT2D eigenvalue weighted by Crippen LogP contribution is 2.22. The maximum atomic E-state index is 11.8. The van der Waals surface area contributed by atoms with Gasteiger partial charge in [-0.25, -0.2) is 0 Å². The quantitative estimate of drug-likeness (QED) is 0.445. The first kappa shape index (κ1) is 16.0. The predicted octanol–water partition coefficient (Wildman–Crippen LogP) is 2.26. The lowest BCUT2D eigenvalue weighted by Gasteiger charge is -2.08. The number of fused-ring (bicyclic) bond motifs is 1. The smallest absolute Gasteiger partial charge is 0.249 e. The van der Waals surface area contributed by atoms with Crippen molar-refractivity contribution in [2.24, 2.45) is 10.9 Å². The van der Waals surface area contributed by atoms with Crippen molar-refractivity contribution in [2.45, 2.75) is 19.3 Å². The van der Waals surface area contributed by atoms with Gasteiger partial charge < -0.3 is 15.7 Å². The second kappa shape index (κ2) is 8.14. The Morgan fingerprint density at radius 2 is 2.05 bits per heavy atom. The average molecular weight is 300 g/mol. The number of aliphatic hydroxyl groups is 1. The summed E-state index contributed by atoms with van der Waals surface area (Å²) in [5.74, 6) is -0.441. The lowest BCUT2D eigenvalue weighted by molar-refractivity contribution is 0.100. The topological polar surface area (TPSA) is 84.9 Å². The number of amides is 1. The Morgan fingerprint density at radius 1 is 1.23 bits per heavy atom. The molecule has 2 aromatic carbocycles. The zero-order valence-electron chi connectivity index (χ0n) is 12.4. The Labute approximate surface area is 129 Å². The summed E-state index contributed by atoms with van der Waals surface area (Å²) in [6, 6.07) is 11.5. The summed E-state index contributed by atoms with van der Waals surface area (Å²) in [5, 5.41) is 14.3. The van der Waals surface area contributed by atoms with Gasteiger partial charge in [-0.15, -0.1) is 0 Å². The van der Waals surface area contributed by atoms with Crippen LogP contribution >= 0.6 is 0 Å². The Kier molecular flexibility index (Phi) is 5.91. The van der Waals surface area contributed by atoms with E-state index in [1.54, 1.807) is 6.21 Å². The van der Waals surface area contributed by atoms with Crippen LogP contribution in [0.3, 0.4) is 0 Å². The lowest BCUT2D eigenvalue weighted by Crippen LogP contribution is -2.14. The molecule has 1 amide bonds. The molecule has 0 aliphatic carbocycles. The number of hydrogen-bond acceptors (Lipinski definition) is 4. The summed E-state index contributed by atoms with van der Waals surface area (Å²) in [6.07, 6.45) is 3.56. The van der Waals surface area contributed by atoms with Gasteiger partial charge in [-0.05, 0) is 29.2 Å². The summed E-state index contributed by atoms with van der Waals surface area (Å²) in [5.41, 5.74) is 6.89. The fourth-order valence-corrected chi connectivity index (χ4v) is 2.30. The summed E-state index contributed by atoms with van der Waals surface area (Å²) in [4.78, 5) is 16.9. The van der Waals surface area contributed by atoms with Crippen molar-refractivity contribution >= 4 is 22.9 Å². The number of carbonyl (C=O) groups excluding carboxylic acids is 1. The van der Waals surface area contributed by atoms with Crippen LogP contribution in [-0.2, 0) is 11.3 Å². The molecule has 0 spiro atoms. The van der Waals surface area contributed by atoms with Gasteiger partial charge in [0.2, 0.25) is 5.91 Å². The minimum atomic E-state index is -0.441. The molecule has 116 valence electrons. The van der Waals surface area contributed by atoms with Crippen molar-refractivity contribution in [3.63, 3.8) is 0 Å². The Bertz CT molecular complexity index is 668. The van der Waals surface area contributed by atoms with E-state index in [9.17, 15) is 4.79 Å². The van der Waals surface area contributed by atoms with Gasteiger partial charge in [0.25, 0.3) is 0 Å². The van der Waals surface area contributed by atoms with Crippen molar-refractivity contribution in [1.29, 1.82) is 0 Å². The van der Waals surface area contributed by atoms with Gasteiger partial charge in [0.1, 0.15) is 6.61 Å². The van der Waals surface area contributed by atoms with Crippen molar-refractivity contribution in [3.05, 3.63) is 47.5 Å². The molecule has 0 aliphatic rings. The third kappa shape index (κ3) is 4.05. The number of oxime groups is 1. The molecule has 0 unspecified atom stereocenters. The molecule has 0 atom stereocenters. The second-order valence-electron chi connectivity index (χ2n) is 4.94. The standard InChI is InChI=1S/C17H20N2O3/c18-17(21)16-14(9-10-19-22-12-4-3-11-20)8-7-13-5-1-2-6-15(13)16/h1-2,5-8,10,20H,3-4,9,11-12H2,(H2,18,21).